The Morgan fingerprint density at radius 3 is 2.49 bits per heavy atom. The van der Waals surface area contributed by atoms with Gasteiger partial charge in [0.05, 0.1) is 16.4 Å². The van der Waals surface area contributed by atoms with E-state index in [2.05, 4.69) is 10.0 Å². The summed E-state index contributed by atoms with van der Waals surface area (Å²) in [4.78, 5) is 25.7. The SMILES string of the molecule is Cc1c(NS(=O)(=O)c2cc(C(=O)Nc3ccc4c(c3)OCO4)ccc2Cl)c(=O)n(-c2ccccc2)n1C. The van der Waals surface area contributed by atoms with Crippen molar-refractivity contribution in [3.63, 3.8) is 0 Å². The summed E-state index contributed by atoms with van der Waals surface area (Å²) in [5.74, 6) is 0.488. The molecule has 190 valence electrons. The molecule has 0 bridgehead atoms. The van der Waals surface area contributed by atoms with Gasteiger partial charge in [0.25, 0.3) is 21.5 Å². The quantitative estimate of drug-likeness (QED) is 0.382. The van der Waals surface area contributed by atoms with E-state index in [4.69, 9.17) is 21.1 Å². The number of para-hydroxylation sites is 1. The van der Waals surface area contributed by atoms with Gasteiger partial charge in [-0.15, -0.1) is 0 Å². The summed E-state index contributed by atoms with van der Waals surface area (Å²) in [5.41, 5.74) is 0.774. The Hall–Kier alpha value is -4.22. The predicted molar refractivity (Wildman–Crippen MR) is 139 cm³/mol. The van der Waals surface area contributed by atoms with Crippen LogP contribution >= 0.6 is 11.6 Å². The van der Waals surface area contributed by atoms with Crippen LogP contribution in [0.5, 0.6) is 11.5 Å². The molecule has 1 aliphatic heterocycles. The van der Waals surface area contributed by atoms with Crippen LogP contribution in [0, 0.1) is 6.92 Å². The molecule has 0 fully saturated rings. The number of ether oxygens (including phenoxy) is 2. The number of rotatable bonds is 6. The number of halogens is 1. The van der Waals surface area contributed by atoms with Crippen LogP contribution in [0.4, 0.5) is 11.4 Å². The molecular weight excluding hydrogens is 520 g/mol. The van der Waals surface area contributed by atoms with Gasteiger partial charge in [0.15, 0.2) is 11.5 Å². The van der Waals surface area contributed by atoms with Crippen molar-refractivity contribution in [2.45, 2.75) is 11.8 Å². The van der Waals surface area contributed by atoms with Gasteiger partial charge in [-0.2, -0.15) is 0 Å². The van der Waals surface area contributed by atoms with E-state index in [1.165, 1.54) is 16.8 Å². The Balaban J connectivity index is 1.45. The Bertz CT molecular complexity index is 1700. The molecule has 10 nitrogen and oxygen atoms in total. The number of fused-ring (bicyclic) bond motifs is 1. The summed E-state index contributed by atoms with van der Waals surface area (Å²) in [5, 5.41) is 2.59. The first-order chi connectivity index (χ1) is 17.7. The van der Waals surface area contributed by atoms with Crippen molar-refractivity contribution in [3.05, 3.63) is 93.4 Å². The van der Waals surface area contributed by atoms with Gasteiger partial charge in [0.2, 0.25) is 6.79 Å². The molecule has 37 heavy (non-hydrogen) atoms. The predicted octanol–water partition coefficient (Wildman–Crippen LogP) is 3.92. The minimum Gasteiger partial charge on any atom is -0.454 e. The standard InChI is InChI=1S/C25H21ClN4O6S/c1-15-23(25(32)30(29(15)2)18-6-4-3-5-7-18)28-37(33,34)22-12-16(8-10-19(22)26)24(31)27-17-9-11-20-21(13-17)36-14-35-20/h3-13,28H,14H2,1-2H3,(H,27,31). The topological polar surface area (TPSA) is 121 Å². The summed E-state index contributed by atoms with van der Waals surface area (Å²) in [6.45, 7) is 1.71. The average molecular weight is 541 g/mol. The second kappa shape index (κ2) is 9.34. The first-order valence-electron chi connectivity index (χ1n) is 11.0. The van der Waals surface area contributed by atoms with E-state index in [0.717, 1.165) is 6.07 Å². The van der Waals surface area contributed by atoms with E-state index in [1.807, 2.05) is 6.07 Å². The van der Waals surface area contributed by atoms with Crippen LogP contribution in [0.2, 0.25) is 5.02 Å². The summed E-state index contributed by atoms with van der Waals surface area (Å²) in [6, 6.07) is 17.6. The van der Waals surface area contributed by atoms with Crippen molar-refractivity contribution in [2.24, 2.45) is 7.05 Å². The van der Waals surface area contributed by atoms with Gasteiger partial charge in [-0.1, -0.05) is 29.8 Å². The number of nitrogens with one attached hydrogen (secondary N) is 2. The zero-order chi connectivity index (χ0) is 26.3. The van der Waals surface area contributed by atoms with Gasteiger partial charge in [-0.25, -0.2) is 13.1 Å². The molecule has 0 spiro atoms. The van der Waals surface area contributed by atoms with E-state index >= 15 is 0 Å². The Morgan fingerprint density at radius 1 is 1.00 bits per heavy atom. The molecule has 1 aliphatic rings. The second-order valence-corrected chi connectivity index (χ2v) is 10.3. The Labute approximate surface area is 217 Å². The third-order valence-electron chi connectivity index (χ3n) is 5.90. The average Bonchev–Trinajstić information content (AvgIpc) is 3.42. The minimum atomic E-state index is -4.34. The van der Waals surface area contributed by atoms with Crippen LogP contribution < -0.4 is 25.1 Å². The highest BCUT2D eigenvalue weighted by Crippen LogP contribution is 2.34. The number of aromatic nitrogens is 2. The van der Waals surface area contributed by atoms with Crippen molar-refractivity contribution in [1.29, 1.82) is 0 Å². The number of hydrogen-bond donors (Lipinski definition) is 2. The Morgan fingerprint density at radius 2 is 1.73 bits per heavy atom. The molecule has 1 amide bonds. The lowest BCUT2D eigenvalue weighted by Crippen LogP contribution is -2.23. The minimum absolute atomic E-state index is 0.0499. The molecular formula is C25H21ClN4O6S. The van der Waals surface area contributed by atoms with Crippen molar-refractivity contribution >= 4 is 38.9 Å². The van der Waals surface area contributed by atoms with Crippen molar-refractivity contribution in [2.75, 3.05) is 16.8 Å². The van der Waals surface area contributed by atoms with Crippen LogP contribution in [0.3, 0.4) is 0 Å². The second-order valence-electron chi connectivity index (χ2n) is 8.21. The van der Waals surface area contributed by atoms with E-state index in [0.29, 0.717) is 28.6 Å². The molecule has 12 heteroatoms. The molecule has 2 heterocycles. The van der Waals surface area contributed by atoms with Gasteiger partial charge < -0.3 is 14.8 Å². The van der Waals surface area contributed by atoms with Crippen molar-refractivity contribution in [1.82, 2.24) is 9.36 Å². The summed E-state index contributed by atoms with van der Waals surface area (Å²) in [7, 11) is -2.69. The number of sulfonamides is 1. The number of carbonyl (C=O) groups excluding carboxylic acids is 1. The van der Waals surface area contributed by atoms with Crippen molar-refractivity contribution in [3.8, 4) is 17.2 Å². The molecule has 4 aromatic rings. The highest BCUT2D eigenvalue weighted by Gasteiger charge is 2.25. The van der Waals surface area contributed by atoms with E-state index < -0.39 is 21.5 Å². The zero-order valence-corrected chi connectivity index (χ0v) is 21.3. The maximum Gasteiger partial charge on any atom is 0.296 e. The highest BCUT2D eigenvalue weighted by atomic mass is 35.5. The largest absolute Gasteiger partial charge is 0.454 e. The molecule has 2 N–H and O–H groups in total. The fraction of sp³-hybridized carbons (Fsp3) is 0.120. The number of carbonyl (C=O) groups is 1. The summed E-state index contributed by atoms with van der Waals surface area (Å²) < 4.78 is 42.5. The van der Waals surface area contributed by atoms with Crippen LogP contribution in [-0.2, 0) is 17.1 Å². The van der Waals surface area contributed by atoms with Gasteiger partial charge in [0, 0.05) is 24.4 Å². The Kier molecular flexibility index (Phi) is 6.18. The van der Waals surface area contributed by atoms with E-state index in [9.17, 15) is 18.0 Å². The molecule has 1 aromatic heterocycles. The number of benzene rings is 3. The van der Waals surface area contributed by atoms with Crippen LogP contribution in [0.1, 0.15) is 16.1 Å². The van der Waals surface area contributed by atoms with Crippen molar-refractivity contribution < 1.29 is 22.7 Å². The van der Waals surface area contributed by atoms with E-state index in [1.54, 1.807) is 61.1 Å². The maximum absolute atomic E-state index is 13.3. The van der Waals surface area contributed by atoms with Gasteiger partial charge in [0.1, 0.15) is 10.6 Å². The lowest BCUT2D eigenvalue weighted by atomic mass is 10.2. The van der Waals surface area contributed by atoms with Crippen LogP contribution in [0.25, 0.3) is 5.69 Å². The third kappa shape index (κ3) is 4.54. The monoisotopic (exact) mass is 540 g/mol. The van der Waals surface area contributed by atoms with Gasteiger partial charge >= 0.3 is 0 Å². The van der Waals surface area contributed by atoms with Crippen LogP contribution in [-0.4, -0.2) is 30.5 Å². The number of hydrogen-bond acceptors (Lipinski definition) is 6. The molecule has 0 aliphatic carbocycles. The molecule has 0 saturated heterocycles. The first kappa shape index (κ1) is 24.5. The van der Waals surface area contributed by atoms with Gasteiger partial charge in [-0.05, 0) is 49.4 Å². The summed E-state index contributed by atoms with van der Waals surface area (Å²) >= 11 is 6.22. The molecule has 0 atom stereocenters. The fourth-order valence-electron chi connectivity index (χ4n) is 3.90. The van der Waals surface area contributed by atoms with Crippen LogP contribution in [0.15, 0.2) is 76.4 Å². The van der Waals surface area contributed by atoms with Gasteiger partial charge in [-0.3, -0.25) is 19.0 Å². The first-order valence-corrected chi connectivity index (χ1v) is 12.9. The maximum atomic E-state index is 13.3. The summed E-state index contributed by atoms with van der Waals surface area (Å²) in [6.07, 6.45) is 0. The lowest BCUT2D eigenvalue weighted by molar-refractivity contribution is 0.102. The zero-order valence-electron chi connectivity index (χ0n) is 19.7. The number of amides is 1. The molecule has 5 rings (SSSR count). The number of nitrogens with zero attached hydrogens (tertiary/aromatic N) is 2. The molecule has 0 radical (unpaired) electrons. The molecule has 0 unspecified atom stereocenters. The third-order valence-corrected chi connectivity index (χ3v) is 7.74. The lowest BCUT2D eigenvalue weighted by Gasteiger charge is -2.11. The highest BCUT2D eigenvalue weighted by molar-refractivity contribution is 7.92. The normalized spacial score (nSPS) is 12.4. The molecule has 0 saturated carbocycles. The fourth-order valence-corrected chi connectivity index (χ4v) is 5.55. The molecule has 3 aromatic carbocycles. The number of anilines is 2. The van der Waals surface area contributed by atoms with E-state index in [-0.39, 0.29) is 28.0 Å². The smallest absolute Gasteiger partial charge is 0.296 e.